The first-order valence-electron chi connectivity index (χ1n) is 8.69. The molecule has 0 aliphatic rings. The van der Waals surface area contributed by atoms with Crippen molar-refractivity contribution in [3.8, 4) is 11.4 Å². The van der Waals surface area contributed by atoms with Gasteiger partial charge in [0.15, 0.2) is 11.5 Å². The zero-order chi connectivity index (χ0) is 18.2. The number of pyridine rings is 2. The van der Waals surface area contributed by atoms with Crippen molar-refractivity contribution >= 4 is 11.2 Å². The molecule has 0 atom stereocenters. The quantitative estimate of drug-likeness (QED) is 0.758. The van der Waals surface area contributed by atoms with E-state index in [9.17, 15) is 0 Å². The van der Waals surface area contributed by atoms with Crippen LogP contribution >= 0.6 is 0 Å². The summed E-state index contributed by atoms with van der Waals surface area (Å²) in [4.78, 5) is 13.6. The predicted octanol–water partition coefficient (Wildman–Crippen LogP) is 4.56. The van der Waals surface area contributed by atoms with Gasteiger partial charge in [0.05, 0.1) is 0 Å². The Hall–Kier alpha value is -2.43. The van der Waals surface area contributed by atoms with Crippen LogP contribution in [-0.2, 0) is 0 Å². The number of fused-ring (bicyclic) bond motifs is 1. The topological polar surface area (TPSA) is 55.6 Å². The molecule has 1 N–H and O–H groups in total. The minimum Gasteiger partial charge on any atom is -0.317 e. The van der Waals surface area contributed by atoms with Gasteiger partial charge in [-0.05, 0) is 56.4 Å². The molecule has 3 aromatic heterocycles. The second kappa shape index (κ2) is 6.14. The smallest absolute Gasteiger partial charge is 0.179 e. The zero-order valence-electron chi connectivity index (χ0n) is 16.0. The summed E-state index contributed by atoms with van der Waals surface area (Å²) in [5.74, 6) is 0.862. The van der Waals surface area contributed by atoms with E-state index in [1.54, 1.807) is 12.4 Å². The van der Waals surface area contributed by atoms with E-state index in [4.69, 9.17) is 4.98 Å². The summed E-state index contributed by atoms with van der Waals surface area (Å²) in [5.41, 5.74) is 7.69. The maximum absolute atomic E-state index is 4.87. The van der Waals surface area contributed by atoms with Crippen LogP contribution in [0.2, 0.25) is 0 Å². The van der Waals surface area contributed by atoms with Crippen LogP contribution in [0, 0.1) is 12.3 Å². The summed E-state index contributed by atoms with van der Waals surface area (Å²) in [5, 5.41) is 0. The second-order valence-corrected chi connectivity index (χ2v) is 8.54. The standard InChI is InChI=1S/C20H27N5/c1-14-7-12-22-18-16(14)23-17(15-8-10-21-11-9-15)25(18)24-20(5,6)13-19(2,3)4/h7-12,24H,13H2,1-6H3. The van der Waals surface area contributed by atoms with Crippen molar-refractivity contribution in [1.29, 1.82) is 0 Å². The fraction of sp³-hybridized carbons (Fsp3) is 0.450. The normalized spacial score (nSPS) is 12.6. The number of hydrogen-bond donors (Lipinski definition) is 1. The van der Waals surface area contributed by atoms with Gasteiger partial charge in [-0.25, -0.2) is 14.6 Å². The number of imidazole rings is 1. The Kier molecular flexibility index (Phi) is 4.27. The molecule has 0 spiro atoms. The van der Waals surface area contributed by atoms with Gasteiger partial charge >= 0.3 is 0 Å². The molecule has 0 amide bonds. The van der Waals surface area contributed by atoms with Gasteiger partial charge in [0, 0.05) is 29.7 Å². The molecular weight excluding hydrogens is 310 g/mol. The van der Waals surface area contributed by atoms with Gasteiger partial charge in [-0.1, -0.05) is 20.8 Å². The third-order valence-corrected chi connectivity index (χ3v) is 4.07. The summed E-state index contributed by atoms with van der Waals surface area (Å²) in [6.07, 6.45) is 6.44. The molecule has 5 heteroatoms. The molecule has 0 aliphatic heterocycles. The lowest BCUT2D eigenvalue weighted by Gasteiger charge is -2.34. The van der Waals surface area contributed by atoms with Crippen LogP contribution in [-0.4, -0.2) is 25.2 Å². The number of rotatable bonds is 4. The highest BCUT2D eigenvalue weighted by Gasteiger charge is 2.27. The van der Waals surface area contributed by atoms with E-state index in [0.717, 1.165) is 34.5 Å². The number of aryl methyl sites for hydroxylation is 1. The van der Waals surface area contributed by atoms with Gasteiger partial charge in [0.1, 0.15) is 5.52 Å². The maximum Gasteiger partial charge on any atom is 0.179 e. The van der Waals surface area contributed by atoms with Crippen molar-refractivity contribution in [2.24, 2.45) is 5.41 Å². The Morgan fingerprint density at radius 3 is 2.32 bits per heavy atom. The highest BCUT2D eigenvalue weighted by Crippen LogP contribution is 2.30. The fourth-order valence-electron chi connectivity index (χ4n) is 3.56. The number of nitrogens with one attached hydrogen (secondary N) is 1. The number of hydrogen-bond acceptors (Lipinski definition) is 4. The van der Waals surface area contributed by atoms with Crippen LogP contribution in [0.4, 0.5) is 0 Å². The SMILES string of the molecule is Cc1ccnc2c1nc(-c1ccncc1)n2NC(C)(C)CC(C)(C)C. The lowest BCUT2D eigenvalue weighted by molar-refractivity contribution is 0.290. The molecule has 3 aromatic rings. The molecule has 0 saturated heterocycles. The largest absolute Gasteiger partial charge is 0.317 e. The van der Waals surface area contributed by atoms with Crippen LogP contribution in [0.5, 0.6) is 0 Å². The van der Waals surface area contributed by atoms with Gasteiger partial charge in [-0.3, -0.25) is 4.98 Å². The van der Waals surface area contributed by atoms with Gasteiger partial charge in [0.25, 0.3) is 0 Å². The van der Waals surface area contributed by atoms with Crippen molar-refractivity contribution in [2.45, 2.75) is 53.5 Å². The van der Waals surface area contributed by atoms with Crippen molar-refractivity contribution < 1.29 is 0 Å². The fourth-order valence-corrected chi connectivity index (χ4v) is 3.56. The minimum atomic E-state index is -0.112. The van der Waals surface area contributed by atoms with Crippen molar-refractivity contribution in [2.75, 3.05) is 5.43 Å². The van der Waals surface area contributed by atoms with E-state index in [-0.39, 0.29) is 11.0 Å². The van der Waals surface area contributed by atoms with Crippen molar-refractivity contribution in [3.63, 3.8) is 0 Å². The second-order valence-electron chi connectivity index (χ2n) is 8.54. The molecule has 0 unspecified atom stereocenters. The Balaban J connectivity index is 2.14. The first-order valence-corrected chi connectivity index (χ1v) is 8.69. The summed E-state index contributed by atoms with van der Waals surface area (Å²) in [7, 11) is 0. The van der Waals surface area contributed by atoms with Crippen molar-refractivity contribution in [3.05, 3.63) is 42.4 Å². The molecule has 0 aliphatic carbocycles. The molecule has 0 bridgehead atoms. The Labute approximate surface area is 149 Å². The molecular formula is C20H27N5. The van der Waals surface area contributed by atoms with Crippen molar-refractivity contribution in [1.82, 2.24) is 19.6 Å². The average molecular weight is 337 g/mol. The van der Waals surface area contributed by atoms with Gasteiger partial charge in [0.2, 0.25) is 0 Å². The molecule has 5 nitrogen and oxygen atoms in total. The van der Waals surface area contributed by atoms with Gasteiger partial charge < -0.3 is 5.43 Å². The molecule has 0 aromatic carbocycles. The van der Waals surface area contributed by atoms with Crippen LogP contribution in [0.1, 0.15) is 46.6 Å². The highest BCUT2D eigenvalue weighted by atomic mass is 15.5. The molecule has 0 saturated carbocycles. The molecule has 3 heterocycles. The Morgan fingerprint density at radius 2 is 1.68 bits per heavy atom. The molecule has 0 radical (unpaired) electrons. The highest BCUT2D eigenvalue weighted by molar-refractivity contribution is 5.80. The number of nitrogens with zero attached hydrogens (tertiary/aromatic N) is 4. The Bertz CT molecular complexity index is 872. The van der Waals surface area contributed by atoms with Crippen LogP contribution in [0.15, 0.2) is 36.8 Å². The van der Waals surface area contributed by atoms with Crippen LogP contribution in [0.25, 0.3) is 22.6 Å². The van der Waals surface area contributed by atoms with E-state index < -0.39 is 0 Å². The van der Waals surface area contributed by atoms with E-state index >= 15 is 0 Å². The maximum atomic E-state index is 4.87. The minimum absolute atomic E-state index is 0.112. The Morgan fingerprint density at radius 1 is 1.00 bits per heavy atom. The van der Waals surface area contributed by atoms with E-state index in [1.165, 1.54) is 0 Å². The zero-order valence-corrected chi connectivity index (χ0v) is 16.0. The summed E-state index contributed by atoms with van der Waals surface area (Å²) in [6.45, 7) is 13.3. The lowest BCUT2D eigenvalue weighted by Crippen LogP contribution is -2.41. The first-order chi connectivity index (χ1) is 11.7. The summed E-state index contributed by atoms with van der Waals surface area (Å²) < 4.78 is 2.03. The van der Waals surface area contributed by atoms with Crippen LogP contribution < -0.4 is 5.43 Å². The van der Waals surface area contributed by atoms with Crippen LogP contribution in [0.3, 0.4) is 0 Å². The monoisotopic (exact) mass is 337 g/mol. The number of aromatic nitrogens is 4. The predicted molar refractivity (Wildman–Crippen MR) is 103 cm³/mol. The van der Waals surface area contributed by atoms with Gasteiger partial charge in [-0.15, -0.1) is 0 Å². The van der Waals surface area contributed by atoms with E-state index in [1.807, 2.05) is 29.1 Å². The molecule has 3 rings (SSSR count). The third kappa shape index (κ3) is 3.81. The average Bonchev–Trinajstić information content (AvgIpc) is 2.85. The molecule has 132 valence electrons. The van der Waals surface area contributed by atoms with E-state index in [2.05, 4.69) is 56.9 Å². The third-order valence-electron chi connectivity index (χ3n) is 4.07. The summed E-state index contributed by atoms with van der Waals surface area (Å²) >= 11 is 0. The summed E-state index contributed by atoms with van der Waals surface area (Å²) in [6, 6.07) is 5.95. The first kappa shape index (κ1) is 17.4. The lowest BCUT2D eigenvalue weighted by atomic mass is 9.82. The molecule has 25 heavy (non-hydrogen) atoms. The van der Waals surface area contributed by atoms with E-state index in [0.29, 0.717) is 0 Å². The molecule has 0 fully saturated rings. The van der Waals surface area contributed by atoms with Gasteiger partial charge in [-0.2, -0.15) is 0 Å².